The predicted octanol–water partition coefficient (Wildman–Crippen LogP) is 6.69. The Morgan fingerprint density at radius 1 is 1.02 bits per heavy atom. The van der Waals surface area contributed by atoms with Crippen LogP contribution in [0, 0.1) is 31.1 Å². The van der Waals surface area contributed by atoms with Gasteiger partial charge in [-0.3, -0.25) is 4.79 Å². The van der Waals surface area contributed by atoms with E-state index in [-0.39, 0.29) is 40.2 Å². The third-order valence-electron chi connectivity index (χ3n) is 10.3. The van der Waals surface area contributed by atoms with E-state index in [0.29, 0.717) is 30.0 Å². The number of carbonyl (C=O) groups excluding carboxylic acids is 1. The van der Waals surface area contributed by atoms with E-state index >= 15 is 0 Å². The van der Waals surface area contributed by atoms with Crippen molar-refractivity contribution in [2.24, 2.45) is 17.3 Å². The maximum absolute atomic E-state index is 14.4. The van der Waals surface area contributed by atoms with Crippen molar-refractivity contribution in [2.45, 2.75) is 109 Å². The largest absolute Gasteiger partial charge is 0.390 e. The standard InChI is InChI=1S/C36H46N4O4S/c1-22(2)15-28-14-13-27-17-31(32-23(3)9-7-10-24(32)4)38-34(37-27)39-45(43,44)30-12-8-11-25(16-30)33(41)40(28)29-20-36(21-29)18-26(19-36)35(5,6)42/h7-12,16-17,22,26,28-29,42H,13-15,18-21H2,1-6H3,(H,37,38,39)/t26?,28-,29?,36?/m0/s1. The molecule has 1 spiro atoms. The van der Waals surface area contributed by atoms with E-state index in [2.05, 4.69) is 28.5 Å². The van der Waals surface area contributed by atoms with E-state index in [1.54, 1.807) is 12.1 Å². The van der Waals surface area contributed by atoms with Crippen molar-refractivity contribution in [3.63, 3.8) is 0 Å². The third-order valence-corrected chi connectivity index (χ3v) is 11.7. The molecule has 4 bridgehead atoms. The van der Waals surface area contributed by atoms with Gasteiger partial charge in [-0.05, 0) is 125 Å². The van der Waals surface area contributed by atoms with E-state index in [1.165, 1.54) is 12.1 Å². The summed E-state index contributed by atoms with van der Waals surface area (Å²) in [7, 11) is -4.07. The van der Waals surface area contributed by atoms with Gasteiger partial charge in [-0.1, -0.05) is 38.1 Å². The van der Waals surface area contributed by atoms with Gasteiger partial charge < -0.3 is 10.0 Å². The number of benzene rings is 2. The van der Waals surface area contributed by atoms with E-state index in [1.807, 2.05) is 52.0 Å². The van der Waals surface area contributed by atoms with Crippen molar-refractivity contribution in [2.75, 3.05) is 4.72 Å². The number of sulfonamides is 1. The number of anilines is 1. The lowest BCUT2D eigenvalue weighted by Crippen LogP contribution is -2.62. The fourth-order valence-electron chi connectivity index (χ4n) is 7.96. The molecule has 1 amide bonds. The van der Waals surface area contributed by atoms with Crippen LogP contribution in [0.4, 0.5) is 5.95 Å². The van der Waals surface area contributed by atoms with Crippen molar-refractivity contribution in [3.05, 3.63) is 70.9 Å². The summed E-state index contributed by atoms with van der Waals surface area (Å²) < 4.78 is 29.9. The van der Waals surface area contributed by atoms with Gasteiger partial charge in [-0.2, -0.15) is 0 Å². The second kappa shape index (κ2) is 11.5. The molecular weight excluding hydrogens is 584 g/mol. The molecule has 1 aliphatic heterocycles. The van der Waals surface area contributed by atoms with Crippen LogP contribution in [-0.2, 0) is 16.4 Å². The first-order valence-electron chi connectivity index (χ1n) is 16.3. The quantitative estimate of drug-likeness (QED) is 0.325. The lowest BCUT2D eigenvalue weighted by atomic mass is 9.47. The Morgan fingerprint density at radius 2 is 1.69 bits per heavy atom. The van der Waals surface area contributed by atoms with E-state index in [4.69, 9.17) is 4.98 Å². The number of amides is 1. The molecule has 0 unspecified atom stereocenters. The number of aromatic nitrogens is 2. The van der Waals surface area contributed by atoms with Crippen LogP contribution in [0.2, 0.25) is 0 Å². The zero-order valence-corrected chi connectivity index (χ0v) is 28.1. The molecule has 9 heteroatoms. The molecule has 2 fully saturated rings. The lowest BCUT2D eigenvalue weighted by molar-refractivity contribution is -0.146. The molecule has 2 N–H and O–H groups in total. The maximum Gasteiger partial charge on any atom is 0.264 e. The first-order valence-corrected chi connectivity index (χ1v) is 17.7. The monoisotopic (exact) mass is 630 g/mol. The van der Waals surface area contributed by atoms with Gasteiger partial charge in [-0.15, -0.1) is 0 Å². The Bertz CT molecular complexity index is 1690. The minimum absolute atomic E-state index is 0.00711. The van der Waals surface area contributed by atoms with Gasteiger partial charge in [0.05, 0.1) is 16.2 Å². The molecule has 3 aromatic rings. The minimum atomic E-state index is -4.07. The second-order valence-electron chi connectivity index (χ2n) is 14.8. The SMILES string of the molecule is Cc1cccc(C)c1-c1cc2nc(n1)NS(=O)(=O)c1cccc(c1)C(=O)N(C1CC3(C1)CC(C(C)(C)O)C3)[C@H](CC(C)C)CC2. The summed E-state index contributed by atoms with van der Waals surface area (Å²) in [4.78, 5) is 25.9. The highest BCUT2D eigenvalue weighted by Crippen LogP contribution is 2.62. The molecule has 45 heavy (non-hydrogen) atoms. The normalized spacial score (nSPS) is 26.3. The summed E-state index contributed by atoms with van der Waals surface area (Å²) in [5.41, 5.74) is 4.35. The average Bonchev–Trinajstić information content (AvgIpc) is 2.90. The average molecular weight is 631 g/mol. The van der Waals surface area contributed by atoms with Crippen LogP contribution >= 0.6 is 0 Å². The van der Waals surface area contributed by atoms with Crippen molar-refractivity contribution in [1.82, 2.24) is 14.9 Å². The molecule has 1 atom stereocenters. The number of nitrogens with one attached hydrogen (secondary N) is 1. The number of aryl methyl sites for hydroxylation is 3. The number of fused-ring (bicyclic) bond motifs is 4. The molecule has 240 valence electrons. The fraction of sp³-hybridized carbons (Fsp3) is 0.528. The van der Waals surface area contributed by atoms with Crippen LogP contribution in [-0.4, -0.2) is 52.0 Å². The molecule has 8 nitrogen and oxygen atoms in total. The van der Waals surface area contributed by atoms with Gasteiger partial charge in [0, 0.05) is 28.9 Å². The zero-order chi connectivity index (χ0) is 32.3. The summed E-state index contributed by atoms with van der Waals surface area (Å²) >= 11 is 0. The molecule has 3 aliphatic rings. The van der Waals surface area contributed by atoms with Crippen molar-refractivity contribution < 1.29 is 18.3 Å². The highest BCUT2D eigenvalue weighted by atomic mass is 32.2. The summed E-state index contributed by atoms with van der Waals surface area (Å²) in [6, 6.07) is 14.4. The Labute approximate surface area is 267 Å². The topological polar surface area (TPSA) is 112 Å². The van der Waals surface area contributed by atoms with Crippen molar-refractivity contribution in [1.29, 1.82) is 0 Å². The first-order chi connectivity index (χ1) is 21.1. The minimum Gasteiger partial charge on any atom is -0.390 e. The van der Waals surface area contributed by atoms with Crippen molar-refractivity contribution in [3.8, 4) is 11.3 Å². The zero-order valence-electron chi connectivity index (χ0n) is 27.3. The maximum atomic E-state index is 14.4. The number of hydrogen-bond donors (Lipinski definition) is 2. The van der Waals surface area contributed by atoms with E-state index < -0.39 is 15.6 Å². The van der Waals surface area contributed by atoms with Gasteiger partial charge in [0.25, 0.3) is 15.9 Å². The Kier molecular flexibility index (Phi) is 8.09. The van der Waals surface area contributed by atoms with Crippen molar-refractivity contribution >= 4 is 21.9 Å². The van der Waals surface area contributed by atoms with Gasteiger partial charge in [0.1, 0.15) is 0 Å². The van der Waals surface area contributed by atoms with Crippen LogP contribution in [0.25, 0.3) is 11.3 Å². The van der Waals surface area contributed by atoms with Crippen LogP contribution in [0.1, 0.15) is 93.4 Å². The molecule has 1 aromatic heterocycles. The molecule has 2 aliphatic carbocycles. The molecular formula is C36H46N4O4S. The third kappa shape index (κ3) is 6.26. The van der Waals surface area contributed by atoms with Crippen LogP contribution in [0.15, 0.2) is 53.4 Å². The molecule has 0 radical (unpaired) electrons. The molecule has 6 rings (SSSR count). The molecule has 2 saturated carbocycles. The first kappa shape index (κ1) is 31.7. The van der Waals surface area contributed by atoms with Gasteiger partial charge in [0.2, 0.25) is 5.95 Å². The summed E-state index contributed by atoms with van der Waals surface area (Å²) in [5.74, 6) is 0.552. The van der Waals surface area contributed by atoms with E-state index in [0.717, 1.165) is 54.5 Å². The van der Waals surface area contributed by atoms with Crippen LogP contribution in [0.5, 0.6) is 0 Å². The molecule has 2 aromatic carbocycles. The molecule has 2 heterocycles. The second-order valence-corrected chi connectivity index (χ2v) is 16.5. The number of nitrogens with zero attached hydrogens (tertiary/aromatic N) is 3. The Hall–Kier alpha value is -3.30. The highest BCUT2D eigenvalue weighted by Gasteiger charge is 2.58. The Morgan fingerprint density at radius 3 is 2.33 bits per heavy atom. The predicted molar refractivity (Wildman–Crippen MR) is 176 cm³/mol. The summed E-state index contributed by atoms with van der Waals surface area (Å²) in [5, 5.41) is 10.6. The number of rotatable bonds is 5. The lowest BCUT2D eigenvalue weighted by Gasteiger charge is -2.63. The fourth-order valence-corrected chi connectivity index (χ4v) is 8.95. The smallest absolute Gasteiger partial charge is 0.264 e. The van der Waals surface area contributed by atoms with Crippen LogP contribution < -0.4 is 4.72 Å². The number of carbonyl (C=O) groups is 1. The highest BCUT2D eigenvalue weighted by molar-refractivity contribution is 7.92. The number of aliphatic hydroxyl groups is 1. The number of hydrogen-bond acceptors (Lipinski definition) is 6. The van der Waals surface area contributed by atoms with Gasteiger partial charge in [0.15, 0.2) is 0 Å². The summed E-state index contributed by atoms with van der Waals surface area (Å²) in [6.07, 6.45) is 5.89. The van der Waals surface area contributed by atoms with Gasteiger partial charge in [-0.25, -0.2) is 23.1 Å². The van der Waals surface area contributed by atoms with E-state index in [9.17, 15) is 18.3 Å². The van der Waals surface area contributed by atoms with Gasteiger partial charge >= 0.3 is 0 Å². The Balaban J connectivity index is 1.41. The summed E-state index contributed by atoms with van der Waals surface area (Å²) in [6.45, 7) is 12.2. The molecule has 0 saturated heterocycles. The van der Waals surface area contributed by atoms with Crippen LogP contribution in [0.3, 0.4) is 0 Å².